The Labute approximate surface area is 125 Å². The molecule has 2 rings (SSSR count). The Bertz CT molecular complexity index is 559. The van der Waals surface area contributed by atoms with E-state index in [9.17, 15) is 10.2 Å². The van der Waals surface area contributed by atoms with Gasteiger partial charge in [0.05, 0.1) is 12.1 Å². The summed E-state index contributed by atoms with van der Waals surface area (Å²) >= 11 is 0. The van der Waals surface area contributed by atoms with Gasteiger partial charge in [-0.15, -0.1) is 12.4 Å². The normalized spacial score (nSPS) is 13.8. The van der Waals surface area contributed by atoms with Gasteiger partial charge in [-0.3, -0.25) is 0 Å². The molecule has 0 saturated carbocycles. The van der Waals surface area contributed by atoms with E-state index < -0.39 is 12.1 Å². The Morgan fingerprint density at radius 3 is 2.40 bits per heavy atom. The molecule has 20 heavy (non-hydrogen) atoms. The highest BCUT2D eigenvalue weighted by atomic mass is 35.5. The first-order valence-corrected chi connectivity index (χ1v) is 6.79. The van der Waals surface area contributed by atoms with E-state index in [1.54, 1.807) is 12.1 Å². The summed E-state index contributed by atoms with van der Waals surface area (Å²) in [7, 11) is 0. The summed E-state index contributed by atoms with van der Waals surface area (Å²) in [6.07, 6.45) is 2.16. The maximum absolute atomic E-state index is 10.1. The minimum absolute atomic E-state index is 0. The molecule has 0 unspecified atom stereocenters. The quantitative estimate of drug-likeness (QED) is 0.790. The fourth-order valence-corrected chi connectivity index (χ4v) is 2.40. The molecule has 0 radical (unpaired) electrons. The first kappa shape index (κ1) is 16.8. The number of hydrogen-bond acceptors (Lipinski definition) is 3. The van der Waals surface area contributed by atoms with Gasteiger partial charge in [-0.25, -0.2) is 0 Å². The SMILES string of the molecule is CCCC[C@@H](O)[C@@H](N)c1ccc(O)c2ccccc12.Cl. The highest BCUT2D eigenvalue weighted by Crippen LogP contribution is 2.31. The predicted molar refractivity (Wildman–Crippen MR) is 85.3 cm³/mol. The molecule has 0 aliphatic rings. The average molecular weight is 296 g/mol. The number of aromatic hydroxyl groups is 1. The fourth-order valence-electron chi connectivity index (χ4n) is 2.40. The molecule has 110 valence electrons. The van der Waals surface area contributed by atoms with E-state index >= 15 is 0 Å². The van der Waals surface area contributed by atoms with Crippen molar-refractivity contribution in [3.63, 3.8) is 0 Å². The Hall–Kier alpha value is -1.29. The molecular weight excluding hydrogens is 274 g/mol. The lowest BCUT2D eigenvalue weighted by Crippen LogP contribution is -2.26. The van der Waals surface area contributed by atoms with Crippen LogP contribution in [0.5, 0.6) is 5.75 Å². The lowest BCUT2D eigenvalue weighted by molar-refractivity contribution is 0.133. The van der Waals surface area contributed by atoms with E-state index in [1.165, 1.54) is 0 Å². The molecule has 2 aromatic carbocycles. The van der Waals surface area contributed by atoms with Gasteiger partial charge in [0.15, 0.2) is 0 Å². The molecule has 4 N–H and O–H groups in total. The number of aliphatic hydroxyl groups excluding tert-OH is 1. The third kappa shape index (κ3) is 3.42. The first-order chi connectivity index (χ1) is 9.15. The highest BCUT2D eigenvalue weighted by molar-refractivity contribution is 5.91. The van der Waals surface area contributed by atoms with E-state index in [0.717, 1.165) is 29.2 Å². The summed E-state index contributed by atoms with van der Waals surface area (Å²) in [6.45, 7) is 2.09. The van der Waals surface area contributed by atoms with Crippen molar-refractivity contribution in [2.24, 2.45) is 5.73 Å². The molecular formula is C16H22ClNO2. The standard InChI is InChI=1S/C16H21NO2.ClH/c1-2-3-8-15(19)16(17)13-9-10-14(18)12-7-5-4-6-11(12)13;/h4-7,9-10,15-16,18-19H,2-3,8,17H2,1H3;1H/t15-,16+;/m1./s1. The van der Waals surface area contributed by atoms with Crippen molar-refractivity contribution < 1.29 is 10.2 Å². The summed E-state index contributed by atoms with van der Waals surface area (Å²) in [5.41, 5.74) is 7.05. The third-order valence-corrected chi connectivity index (χ3v) is 3.56. The molecule has 3 nitrogen and oxygen atoms in total. The van der Waals surface area contributed by atoms with E-state index in [-0.39, 0.29) is 18.2 Å². The molecule has 0 amide bonds. The minimum Gasteiger partial charge on any atom is -0.507 e. The Balaban J connectivity index is 0.00000200. The molecule has 0 aliphatic heterocycles. The second-order valence-electron chi connectivity index (χ2n) is 4.95. The monoisotopic (exact) mass is 295 g/mol. The summed E-state index contributed by atoms with van der Waals surface area (Å²) in [5.74, 6) is 0.245. The van der Waals surface area contributed by atoms with Gasteiger partial charge in [0.1, 0.15) is 5.75 Å². The highest BCUT2D eigenvalue weighted by Gasteiger charge is 2.19. The molecule has 0 saturated heterocycles. The predicted octanol–water partition coefficient (Wildman–Crippen LogP) is 3.52. The molecule has 0 heterocycles. The van der Waals surface area contributed by atoms with Crippen molar-refractivity contribution in [1.29, 1.82) is 0 Å². The summed E-state index contributed by atoms with van der Waals surface area (Å²) in [5, 5.41) is 21.7. The van der Waals surface area contributed by atoms with Gasteiger partial charge in [-0.05, 0) is 23.4 Å². The number of fused-ring (bicyclic) bond motifs is 1. The van der Waals surface area contributed by atoms with Crippen LogP contribution in [0.15, 0.2) is 36.4 Å². The molecule has 0 spiro atoms. The number of unbranched alkanes of at least 4 members (excludes halogenated alkanes) is 1. The van der Waals surface area contributed by atoms with Crippen LogP contribution in [0.4, 0.5) is 0 Å². The summed E-state index contributed by atoms with van der Waals surface area (Å²) in [6, 6.07) is 10.6. The largest absolute Gasteiger partial charge is 0.507 e. The van der Waals surface area contributed by atoms with Crippen LogP contribution in [-0.2, 0) is 0 Å². The molecule has 0 fully saturated rings. The second kappa shape index (κ2) is 7.48. The number of hydrogen-bond donors (Lipinski definition) is 3. The van der Waals surface area contributed by atoms with Crippen LogP contribution < -0.4 is 5.73 Å². The average Bonchev–Trinajstić information content (AvgIpc) is 2.45. The molecule has 2 atom stereocenters. The van der Waals surface area contributed by atoms with Crippen LogP contribution >= 0.6 is 12.4 Å². The molecule has 0 aromatic heterocycles. The van der Waals surface area contributed by atoms with E-state index in [2.05, 4.69) is 6.92 Å². The first-order valence-electron chi connectivity index (χ1n) is 6.79. The smallest absolute Gasteiger partial charge is 0.123 e. The number of benzene rings is 2. The third-order valence-electron chi connectivity index (χ3n) is 3.56. The van der Waals surface area contributed by atoms with E-state index in [4.69, 9.17) is 5.73 Å². The fraction of sp³-hybridized carbons (Fsp3) is 0.375. The molecule has 0 aliphatic carbocycles. The van der Waals surface area contributed by atoms with Gasteiger partial charge in [0.25, 0.3) is 0 Å². The number of aliphatic hydroxyl groups is 1. The van der Waals surface area contributed by atoms with Gasteiger partial charge in [0, 0.05) is 5.39 Å². The van der Waals surface area contributed by atoms with Crippen LogP contribution in [0.2, 0.25) is 0 Å². The van der Waals surface area contributed by atoms with Crippen LogP contribution in [0, 0.1) is 0 Å². The Morgan fingerprint density at radius 1 is 1.10 bits per heavy atom. The van der Waals surface area contributed by atoms with Crippen molar-refractivity contribution in [2.75, 3.05) is 0 Å². The minimum atomic E-state index is -0.548. The maximum atomic E-state index is 10.1. The summed E-state index contributed by atoms with van der Waals surface area (Å²) in [4.78, 5) is 0. The van der Waals surface area contributed by atoms with Gasteiger partial charge < -0.3 is 15.9 Å². The van der Waals surface area contributed by atoms with Crippen molar-refractivity contribution >= 4 is 23.2 Å². The Kier molecular flexibility index (Phi) is 6.27. The van der Waals surface area contributed by atoms with E-state index in [0.29, 0.717) is 6.42 Å². The number of halogens is 1. The van der Waals surface area contributed by atoms with Gasteiger partial charge in [-0.1, -0.05) is 50.1 Å². The Morgan fingerprint density at radius 2 is 1.75 bits per heavy atom. The van der Waals surface area contributed by atoms with Crippen molar-refractivity contribution in [2.45, 2.75) is 38.3 Å². The van der Waals surface area contributed by atoms with Crippen molar-refractivity contribution in [1.82, 2.24) is 0 Å². The van der Waals surface area contributed by atoms with E-state index in [1.807, 2.05) is 24.3 Å². The topological polar surface area (TPSA) is 66.5 Å². The van der Waals surface area contributed by atoms with Crippen LogP contribution in [-0.4, -0.2) is 16.3 Å². The maximum Gasteiger partial charge on any atom is 0.123 e. The molecule has 4 heteroatoms. The lowest BCUT2D eigenvalue weighted by atomic mass is 9.93. The zero-order valence-electron chi connectivity index (χ0n) is 11.6. The van der Waals surface area contributed by atoms with Crippen LogP contribution in [0.25, 0.3) is 10.8 Å². The van der Waals surface area contributed by atoms with Crippen LogP contribution in [0.3, 0.4) is 0 Å². The zero-order valence-corrected chi connectivity index (χ0v) is 12.4. The zero-order chi connectivity index (χ0) is 13.8. The van der Waals surface area contributed by atoms with Gasteiger partial charge >= 0.3 is 0 Å². The number of nitrogens with two attached hydrogens (primary N) is 1. The van der Waals surface area contributed by atoms with Gasteiger partial charge in [-0.2, -0.15) is 0 Å². The van der Waals surface area contributed by atoms with Crippen LogP contribution in [0.1, 0.15) is 37.8 Å². The number of phenols is 1. The number of phenolic OH excluding ortho intramolecular Hbond substituents is 1. The lowest BCUT2D eigenvalue weighted by Gasteiger charge is -2.21. The summed E-state index contributed by atoms with van der Waals surface area (Å²) < 4.78 is 0. The van der Waals surface area contributed by atoms with Gasteiger partial charge in [0.2, 0.25) is 0 Å². The molecule has 0 bridgehead atoms. The second-order valence-corrected chi connectivity index (χ2v) is 4.95. The van der Waals surface area contributed by atoms with Crippen molar-refractivity contribution in [3.8, 4) is 5.75 Å². The molecule has 2 aromatic rings. The number of rotatable bonds is 5. The van der Waals surface area contributed by atoms with Crippen molar-refractivity contribution in [3.05, 3.63) is 42.0 Å².